The van der Waals surface area contributed by atoms with Crippen LogP contribution < -0.4 is 0 Å². The highest BCUT2D eigenvalue weighted by Gasteiger charge is 2.31. The number of fused-ring (bicyclic) bond motifs is 1. The average Bonchev–Trinajstić information content (AvgIpc) is 3.08. The van der Waals surface area contributed by atoms with Gasteiger partial charge in [-0.3, -0.25) is 4.79 Å². The second-order valence-electron chi connectivity index (χ2n) is 6.39. The first-order valence-corrected chi connectivity index (χ1v) is 8.56. The van der Waals surface area contributed by atoms with E-state index in [4.69, 9.17) is 0 Å². The Morgan fingerprint density at radius 1 is 1.08 bits per heavy atom. The third-order valence-electron chi connectivity index (χ3n) is 4.86. The zero-order valence-corrected chi connectivity index (χ0v) is 14.1. The number of rotatable bonds is 3. The largest absolute Gasteiger partial charge is 0.477 e. The van der Waals surface area contributed by atoms with Crippen LogP contribution in [-0.2, 0) is 0 Å². The molecule has 132 valence electrons. The minimum absolute atomic E-state index is 0.0469. The molecule has 0 aliphatic carbocycles. The Balaban J connectivity index is 1.57. The molecule has 7 nitrogen and oxygen atoms in total. The maximum Gasteiger partial charge on any atom is 0.342 e. The van der Waals surface area contributed by atoms with E-state index < -0.39 is 5.97 Å². The number of hydrogen-bond donors (Lipinski definition) is 1. The summed E-state index contributed by atoms with van der Waals surface area (Å²) in [5, 5.41) is 13.7. The van der Waals surface area contributed by atoms with Gasteiger partial charge in [-0.25, -0.2) is 14.3 Å². The Morgan fingerprint density at radius 2 is 1.81 bits per heavy atom. The lowest BCUT2D eigenvalue weighted by molar-refractivity contribution is 0.0660. The third-order valence-corrected chi connectivity index (χ3v) is 4.86. The van der Waals surface area contributed by atoms with Gasteiger partial charge in [-0.2, -0.15) is 5.10 Å². The Hall–Kier alpha value is -3.22. The highest BCUT2D eigenvalue weighted by molar-refractivity contribution is 6.07. The fourth-order valence-electron chi connectivity index (χ4n) is 3.52. The second kappa shape index (κ2) is 6.59. The number of carbonyl (C=O) groups is 2. The van der Waals surface area contributed by atoms with Gasteiger partial charge in [0, 0.05) is 25.5 Å². The van der Waals surface area contributed by atoms with E-state index in [1.165, 1.54) is 16.3 Å². The lowest BCUT2D eigenvalue weighted by Crippen LogP contribution is -2.38. The van der Waals surface area contributed by atoms with Gasteiger partial charge < -0.3 is 10.0 Å². The number of carboxylic acid groups (broad SMARTS) is 1. The van der Waals surface area contributed by atoms with Crippen LogP contribution in [0.4, 0.5) is 0 Å². The Morgan fingerprint density at radius 3 is 2.50 bits per heavy atom. The van der Waals surface area contributed by atoms with Crippen molar-refractivity contribution >= 4 is 17.5 Å². The van der Waals surface area contributed by atoms with E-state index in [0.717, 1.165) is 12.8 Å². The number of aromatic nitrogens is 3. The smallest absolute Gasteiger partial charge is 0.342 e. The fourth-order valence-corrected chi connectivity index (χ4v) is 3.52. The number of carboxylic acids is 1. The van der Waals surface area contributed by atoms with Gasteiger partial charge in [0.2, 0.25) is 0 Å². The monoisotopic (exact) mass is 350 g/mol. The van der Waals surface area contributed by atoms with Gasteiger partial charge in [-0.15, -0.1) is 0 Å². The molecule has 2 aromatic heterocycles. The Kier molecular flexibility index (Phi) is 4.12. The average molecular weight is 350 g/mol. The highest BCUT2D eigenvalue weighted by atomic mass is 16.4. The van der Waals surface area contributed by atoms with Crippen molar-refractivity contribution in [2.45, 2.75) is 18.8 Å². The van der Waals surface area contributed by atoms with Crippen molar-refractivity contribution in [3.8, 4) is 0 Å². The quantitative estimate of drug-likeness (QED) is 0.784. The van der Waals surface area contributed by atoms with Crippen LogP contribution in [-0.4, -0.2) is 49.6 Å². The molecule has 1 aliphatic rings. The first-order chi connectivity index (χ1) is 12.6. The number of benzene rings is 1. The van der Waals surface area contributed by atoms with E-state index in [0.29, 0.717) is 19.0 Å². The minimum Gasteiger partial charge on any atom is -0.477 e. The first kappa shape index (κ1) is 16.3. The van der Waals surface area contributed by atoms with Gasteiger partial charge in [0.15, 0.2) is 11.3 Å². The van der Waals surface area contributed by atoms with E-state index in [9.17, 15) is 14.7 Å². The third kappa shape index (κ3) is 2.81. The normalized spacial score (nSPS) is 15.3. The van der Waals surface area contributed by atoms with E-state index >= 15 is 0 Å². The van der Waals surface area contributed by atoms with E-state index in [2.05, 4.69) is 22.2 Å². The maximum absolute atomic E-state index is 12.9. The number of carbonyl (C=O) groups excluding carboxylic acids is 1. The molecule has 1 aliphatic heterocycles. The van der Waals surface area contributed by atoms with Crippen LogP contribution in [0.25, 0.3) is 5.65 Å². The summed E-state index contributed by atoms with van der Waals surface area (Å²) in [5.74, 6) is -1.12. The zero-order chi connectivity index (χ0) is 18.1. The lowest BCUT2D eigenvalue weighted by atomic mass is 9.89. The first-order valence-electron chi connectivity index (χ1n) is 8.56. The molecule has 4 rings (SSSR count). The van der Waals surface area contributed by atoms with Crippen LogP contribution in [0.1, 0.15) is 45.2 Å². The zero-order valence-electron chi connectivity index (χ0n) is 14.1. The number of nitrogens with zero attached hydrogens (tertiary/aromatic N) is 4. The molecule has 1 fully saturated rings. The molecule has 26 heavy (non-hydrogen) atoms. The van der Waals surface area contributed by atoms with Crippen molar-refractivity contribution in [3.63, 3.8) is 0 Å². The molecule has 1 saturated heterocycles. The van der Waals surface area contributed by atoms with Gasteiger partial charge in [-0.1, -0.05) is 30.3 Å². The molecule has 0 radical (unpaired) electrons. The second-order valence-corrected chi connectivity index (χ2v) is 6.39. The number of aromatic carboxylic acids is 1. The Labute approximate surface area is 149 Å². The van der Waals surface area contributed by atoms with Crippen molar-refractivity contribution in [2.75, 3.05) is 13.1 Å². The van der Waals surface area contributed by atoms with E-state index in [-0.39, 0.29) is 22.8 Å². The summed E-state index contributed by atoms with van der Waals surface area (Å²) in [6.07, 6.45) is 4.78. The SMILES string of the molecule is O=C(O)c1c(C(=O)N2CCC(c3ccccc3)CC2)nn2cccnc12. The fraction of sp³-hybridized carbons (Fsp3) is 0.263. The molecular weight excluding hydrogens is 332 g/mol. The summed E-state index contributed by atoms with van der Waals surface area (Å²) < 4.78 is 1.34. The molecule has 3 aromatic rings. The summed E-state index contributed by atoms with van der Waals surface area (Å²) in [7, 11) is 0. The maximum atomic E-state index is 12.9. The van der Waals surface area contributed by atoms with Crippen LogP contribution in [0.15, 0.2) is 48.8 Å². The number of likely N-dealkylation sites (tertiary alicyclic amines) is 1. The van der Waals surface area contributed by atoms with Crippen LogP contribution in [0.2, 0.25) is 0 Å². The van der Waals surface area contributed by atoms with Crippen LogP contribution in [0, 0.1) is 0 Å². The van der Waals surface area contributed by atoms with Crippen molar-refractivity contribution in [1.29, 1.82) is 0 Å². The van der Waals surface area contributed by atoms with Gasteiger partial charge in [0.05, 0.1) is 0 Å². The molecule has 0 saturated carbocycles. The van der Waals surface area contributed by atoms with E-state index in [1.807, 2.05) is 18.2 Å². The van der Waals surface area contributed by atoms with Crippen LogP contribution in [0.3, 0.4) is 0 Å². The summed E-state index contributed by atoms with van der Waals surface area (Å²) in [6, 6.07) is 11.9. The molecule has 1 N–H and O–H groups in total. The molecule has 0 spiro atoms. The van der Waals surface area contributed by atoms with Crippen molar-refractivity contribution in [1.82, 2.24) is 19.5 Å². The summed E-state index contributed by atoms with van der Waals surface area (Å²) in [5.41, 5.74) is 1.28. The summed E-state index contributed by atoms with van der Waals surface area (Å²) in [6.45, 7) is 1.16. The topological polar surface area (TPSA) is 87.8 Å². The van der Waals surface area contributed by atoms with Crippen molar-refractivity contribution < 1.29 is 14.7 Å². The van der Waals surface area contributed by atoms with Gasteiger partial charge >= 0.3 is 5.97 Å². The predicted octanol–water partition coefficient (Wildman–Crippen LogP) is 2.45. The molecular formula is C19H18N4O3. The van der Waals surface area contributed by atoms with Gasteiger partial charge in [0.25, 0.3) is 5.91 Å². The highest BCUT2D eigenvalue weighted by Crippen LogP contribution is 2.28. The number of amides is 1. The van der Waals surface area contributed by atoms with Crippen molar-refractivity contribution in [3.05, 3.63) is 65.6 Å². The minimum atomic E-state index is -1.19. The van der Waals surface area contributed by atoms with Crippen LogP contribution in [0.5, 0.6) is 0 Å². The molecule has 0 unspecified atom stereocenters. The molecule has 0 atom stereocenters. The summed E-state index contributed by atoms with van der Waals surface area (Å²) in [4.78, 5) is 30.3. The molecule has 1 amide bonds. The number of piperidine rings is 1. The molecule has 3 heterocycles. The standard InChI is InChI=1S/C19H18N4O3/c24-18(16-15(19(25)26)17-20-9-4-10-23(17)21-16)22-11-7-14(8-12-22)13-5-2-1-3-6-13/h1-6,9-10,14H,7-8,11-12H2,(H,25,26). The lowest BCUT2D eigenvalue weighted by Gasteiger charge is -2.31. The summed E-state index contributed by atoms with van der Waals surface area (Å²) >= 11 is 0. The molecule has 7 heteroatoms. The number of hydrogen-bond acceptors (Lipinski definition) is 4. The Bertz CT molecular complexity index is 959. The predicted molar refractivity (Wildman–Crippen MR) is 94.3 cm³/mol. The van der Waals surface area contributed by atoms with Crippen molar-refractivity contribution in [2.24, 2.45) is 0 Å². The molecule has 1 aromatic carbocycles. The van der Waals surface area contributed by atoms with Gasteiger partial charge in [-0.05, 0) is 30.4 Å². The van der Waals surface area contributed by atoms with Crippen LogP contribution >= 0.6 is 0 Å². The van der Waals surface area contributed by atoms with E-state index in [1.54, 1.807) is 17.2 Å². The van der Waals surface area contributed by atoms with Gasteiger partial charge in [0.1, 0.15) is 5.56 Å². The molecule has 0 bridgehead atoms.